The molecule has 0 spiro atoms. The lowest BCUT2D eigenvalue weighted by atomic mass is 10.2. The molecule has 166 valence electrons. The van der Waals surface area contributed by atoms with E-state index < -0.39 is 22.5 Å². The summed E-state index contributed by atoms with van der Waals surface area (Å²) in [6.07, 6.45) is 1.43. The van der Waals surface area contributed by atoms with Crippen LogP contribution in [0.1, 0.15) is 11.1 Å². The number of carbonyl (C=O) groups is 1. The van der Waals surface area contributed by atoms with Gasteiger partial charge < -0.3 is 4.74 Å². The average molecular weight is 472 g/mol. The van der Waals surface area contributed by atoms with Gasteiger partial charge in [-0.1, -0.05) is 54.1 Å². The number of hydrazone groups is 1. The van der Waals surface area contributed by atoms with Crippen molar-refractivity contribution in [2.45, 2.75) is 11.4 Å². The third kappa shape index (κ3) is 6.40. The first-order valence-corrected chi connectivity index (χ1v) is 11.5. The van der Waals surface area contributed by atoms with Crippen molar-refractivity contribution in [2.24, 2.45) is 5.10 Å². The van der Waals surface area contributed by atoms with Crippen molar-refractivity contribution in [3.8, 4) is 5.75 Å². The summed E-state index contributed by atoms with van der Waals surface area (Å²) >= 11 is 5.93. The van der Waals surface area contributed by atoms with Crippen LogP contribution in [0.5, 0.6) is 5.75 Å². The van der Waals surface area contributed by atoms with Gasteiger partial charge >= 0.3 is 0 Å². The zero-order valence-electron chi connectivity index (χ0n) is 17.3. The molecule has 0 saturated carbocycles. The highest BCUT2D eigenvalue weighted by Gasteiger charge is 2.27. The van der Waals surface area contributed by atoms with E-state index >= 15 is 0 Å². The van der Waals surface area contributed by atoms with Crippen LogP contribution in [-0.2, 0) is 21.4 Å². The lowest BCUT2D eigenvalue weighted by Crippen LogP contribution is -2.39. The number of nitrogens with one attached hydrogen (secondary N) is 1. The molecule has 0 aliphatic heterocycles. The van der Waals surface area contributed by atoms with Crippen molar-refractivity contribution in [2.75, 3.05) is 13.7 Å². The second-order valence-electron chi connectivity index (χ2n) is 6.78. The number of hydrogen-bond donors (Lipinski definition) is 1. The van der Waals surface area contributed by atoms with E-state index in [4.69, 9.17) is 16.3 Å². The standard InChI is InChI=1S/C23H22ClN3O4S/c1-31-21-10-12-22(13-11-21)32(29,30)27(16-18-6-3-2-4-7-18)17-23(28)26-25-15-19-8-5-9-20(24)14-19/h2-15H,16-17H2,1H3,(H,26,28)/b25-15-. The summed E-state index contributed by atoms with van der Waals surface area (Å²) in [5, 5.41) is 4.44. The number of sulfonamides is 1. The average Bonchev–Trinajstić information content (AvgIpc) is 2.79. The van der Waals surface area contributed by atoms with Gasteiger partial charge in [0.15, 0.2) is 0 Å². The van der Waals surface area contributed by atoms with Crippen molar-refractivity contribution in [1.82, 2.24) is 9.73 Å². The number of carbonyl (C=O) groups excluding carboxylic acids is 1. The van der Waals surface area contributed by atoms with Gasteiger partial charge in [-0.15, -0.1) is 0 Å². The lowest BCUT2D eigenvalue weighted by Gasteiger charge is -2.21. The number of ether oxygens (including phenoxy) is 1. The minimum absolute atomic E-state index is 0.0284. The minimum Gasteiger partial charge on any atom is -0.497 e. The zero-order chi connectivity index (χ0) is 23.0. The highest BCUT2D eigenvalue weighted by atomic mass is 35.5. The molecular formula is C23H22ClN3O4S. The molecule has 3 rings (SSSR count). The predicted octanol–water partition coefficient (Wildman–Crippen LogP) is 3.69. The van der Waals surface area contributed by atoms with Crippen LogP contribution < -0.4 is 10.2 Å². The van der Waals surface area contributed by atoms with Crippen LogP contribution in [0.3, 0.4) is 0 Å². The Hall–Kier alpha value is -3.20. The van der Waals surface area contributed by atoms with Crippen LogP contribution in [0.2, 0.25) is 5.02 Å². The monoisotopic (exact) mass is 471 g/mol. The summed E-state index contributed by atoms with van der Waals surface area (Å²) in [7, 11) is -2.46. The fourth-order valence-corrected chi connectivity index (χ4v) is 4.45. The maximum atomic E-state index is 13.3. The fraction of sp³-hybridized carbons (Fsp3) is 0.130. The van der Waals surface area contributed by atoms with Gasteiger partial charge in [-0.05, 0) is 47.5 Å². The van der Waals surface area contributed by atoms with Crippen molar-refractivity contribution in [3.63, 3.8) is 0 Å². The van der Waals surface area contributed by atoms with Gasteiger partial charge in [0.2, 0.25) is 10.0 Å². The summed E-state index contributed by atoms with van der Waals surface area (Å²) in [6.45, 7) is -0.378. The smallest absolute Gasteiger partial charge is 0.255 e. The minimum atomic E-state index is -3.95. The van der Waals surface area contributed by atoms with Crippen molar-refractivity contribution < 1.29 is 17.9 Å². The van der Waals surface area contributed by atoms with Crippen LogP contribution in [0.4, 0.5) is 0 Å². The van der Waals surface area contributed by atoms with E-state index in [1.807, 2.05) is 18.2 Å². The molecule has 3 aromatic carbocycles. The van der Waals surface area contributed by atoms with E-state index in [0.29, 0.717) is 16.3 Å². The van der Waals surface area contributed by atoms with Crippen molar-refractivity contribution >= 4 is 33.7 Å². The van der Waals surface area contributed by atoms with Crippen LogP contribution in [0, 0.1) is 0 Å². The van der Waals surface area contributed by atoms with Gasteiger partial charge in [-0.25, -0.2) is 13.8 Å². The third-order valence-corrected chi connectivity index (χ3v) is 6.51. The molecule has 0 bridgehead atoms. The van der Waals surface area contributed by atoms with Gasteiger partial charge in [-0.3, -0.25) is 4.79 Å². The van der Waals surface area contributed by atoms with Crippen LogP contribution in [0.15, 0.2) is 88.9 Å². The molecule has 0 atom stereocenters. The second kappa shape index (κ2) is 10.9. The first-order chi connectivity index (χ1) is 15.4. The number of nitrogens with zero attached hydrogens (tertiary/aromatic N) is 2. The Balaban J connectivity index is 1.78. The topological polar surface area (TPSA) is 88.1 Å². The Morgan fingerprint density at radius 2 is 1.78 bits per heavy atom. The summed E-state index contributed by atoms with van der Waals surface area (Å²) < 4.78 is 32.7. The second-order valence-corrected chi connectivity index (χ2v) is 9.16. The summed E-state index contributed by atoms with van der Waals surface area (Å²) in [5.74, 6) is -0.0389. The number of methoxy groups -OCH3 is 1. The van der Waals surface area contributed by atoms with E-state index in [9.17, 15) is 13.2 Å². The van der Waals surface area contributed by atoms with Crippen molar-refractivity contribution in [3.05, 3.63) is 95.0 Å². The Morgan fingerprint density at radius 1 is 1.06 bits per heavy atom. The first-order valence-electron chi connectivity index (χ1n) is 9.64. The Morgan fingerprint density at radius 3 is 2.44 bits per heavy atom. The molecule has 0 heterocycles. The van der Waals surface area contributed by atoms with Gasteiger partial charge in [0, 0.05) is 11.6 Å². The Kier molecular flexibility index (Phi) is 7.99. The number of amides is 1. The van der Waals surface area contributed by atoms with E-state index in [2.05, 4.69) is 10.5 Å². The van der Waals surface area contributed by atoms with Crippen LogP contribution >= 0.6 is 11.6 Å². The predicted molar refractivity (Wildman–Crippen MR) is 124 cm³/mol. The maximum Gasteiger partial charge on any atom is 0.255 e. The van der Waals surface area contributed by atoms with E-state index in [1.54, 1.807) is 48.5 Å². The highest BCUT2D eigenvalue weighted by molar-refractivity contribution is 7.89. The zero-order valence-corrected chi connectivity index (χ0v) is 18.9. The number of benzene rings is 3. The van der Waals surface area contributed by atoms with Gasteiger partial charge in [-0.2, -0.15) is 9.41 Å². The molecule has 9 heteroatoms. The molecule has 0 aromatic heterocycles. The summed E-state index contributed by atoms with van der Waals surface area (Å²) in [5.41, 5.74) is 3.82. The molecule has 0 aliphatic rings. The van der Waals surface area contributed by atoms with Gasteiger partial charge in [0.05, 0.1) is 24.8 Å². The summed E-state index contributed by atoms with van der Waals surface area (Å²) in [4.78, 5) is 12.6. The lowest BCUT2D eigenvalue weighted by molar-refractivity contribution is -0.121. The largest absolute Gasteiger partial charge is 0.497 e. The molecule has 32 heavy (non-hydrogen) atoms. The maximum absolute atomic E-state index is 13.3. The van der Waals surface area contributed by atoms with E-state index in [1.165, 1.54) is 25.5 Å². The SMILES string of the molecule is COc1ccc(S(=O)(=O)N(CC(=O)N/N=C\c2cccc(Cl)c2)Cc2ccccc2)cc1. The fourth-order valence-electron chi connectivity index (χ4n) is 2.87. The Labute approximate surface area is 192 Å². The molecule has 1 amide bonds. The highest BCUT2D eigenvalue weighted by Crippen LogP contribution is 2.21. The quantitative estimate of drug-likeness (QED) is 0.381. The molecule has 0 fully saturated rings. The molecule has 0 aliphatic carbocycles. The van der Waals surface area contributed by atoms with Gasteiger partial charge in [0.1, 0.15) is 5.75 Å². The van der Waals surface area contributed by atoms with Crippen LogP contribution in [0.25, 0.3) is 0 Å². The molecule has 0 saturated heterocycles. The molecule has 3 aromatic rings. The normalized spacial score (nSPS) is 11.6. The van der Waals surface area contributed by atoms with Crippen LogP contribution in [-0.4, -0.2) is 38.5 Å². The number of rotatable bonds is 9. The molecule has 7 nitrogen and oxygen atoms in total. The number of hydrogen-bond acceptors (Lipinski definition) is 5. The van der Waals surface area contributed by atoms with E-state index in [-0.39, 0.29) is 11.4 Å². The Bertz CT molecular complexity index is 1180. The molecular weight excluding hydrogens is 450 g/mol. The molecule has 1 N–H and O–H groups in total. The van der Waals surface area contributed by atoms with E-state index in [0.717, 1.165) is 9.87 Å². The molecule has 0 radical (unpaired) electrons. The first kappa shape index (κ1) is 23.5. The third-order valence-electron chi connectivity index (χ3n) is 4.47. The number of halogens is 1. The van der Waals surface area contributed by atoms with Crippen molar-refractivity contribution in [1.29, 1.82) is 0 Å². The van der Waals surface area contributed by atoms with Gasteiger partial charge in [0.25, 0.3) is 5.91 Å². The summed E-state index contributed by atoms with van der Waals surface area (Å²) in [6, 6.07) is 22.0. The molecule has 0 unspecified atom stereocenters.